The Morgan fingerprint density at radius 2 is 1.79 bits per heavy atom. The molecule has 1 fully saturated rings. The Labute approximate surface area is 118 Å². The number of amides is 1. The third kappa shape index (κ3) is 4.09. The number of carbonyl (C=O) groups is 1. The SMILES string of the molecule is CCCc1ccc(CC(=O)N2CCC(C)CC2)cc1.[HH]. The largest absolute Gasteiger partial charge is 0.342 e. The van der Waals surface area contributed by atoms with E-state index in [4.69, 9.17) is 0 Å². The quantitative estimate of drug-likeness (QED) is 0.809. The van der Waals surface area contributed by atoms with Crippen molar-refractivity contribution in [2.24, 2.45) is 5.92 Å². The van der Waals surface area contributed by atoms with Gasteiger partial charge in [0.1, 0.15) is 0 Å². The maximum atomic E-state index is 12.2. The van der Waals surface area contributed by atoms with Crippen molar-refractivity contribution < 1.29 is 6.22 Å². The van der Waals surface area contributed by atoms with Crippen LogP contribution in [0, 0.1) is 5.92 Å². The standard InChI is InChI=1S/C17H25NO.H2/c1-3-4-15-5-7-16(8-6-15)13-17(19)18-11-9-14(2)10-12-18;/h5-8,14H,3-4,9-13H2,1-2H3;1H. The highest BCUT2D eigenvalue weighted by molar-refractivity contribution is 5.78. The molecule has 0 radical (unpaired) electrons. The predicted octanol–water partition coefficient (Wildman–Crippen LogP) is 3.69. The molecule has 0 bridgehead atoms. The van der Waals surface area contributed by atoms with E-state index in [1.165, 1.54) is 12.0 Å². The summed E-state index contributed by atoms with van der Waals surface area (Å²) < 4.78 is 0. The van der Waals surface area contributed by atoms with Gasteiger partial charge in [-0.25, -0.2) is 0 Å². The van der Waals surface area contributed by atoms with Crippen LogP contribution in [-0.2, 0) is 17.6 Å². The molecule has 1 saturated heterocycles. The molecule has 19 heavy (non-hydrogen) atoms. The number of piperidine rings is 1. The van der Waals surface area contributed by atoms with Crippen molar-refractivity contribution >= 4 is 5.91 Å². The third-order valence-electron chi connectivity index (χ3n) is 4.05. The van der Waals surface area contributed by atoms with Crippen molar-refractivity contribution in [3.63, 3.8) is 0 Å². The molecule has 0 aliphatic carbocycles. The molecule has 1 amide bonds. The highest BCUT2D eigenvalue weighted by Gasteiger charge is 2.20. The average molecular weight is 261 g/mol. The molecule has 1 heterocycles. The Hall–Kier alpha value is -1.31. The molecule has 0 N–H and O–H groups in total. The van der Waals surface area contributed by atoms with E-state index in [1.807, 2.05) is 4.90 Å². The van der Waals surface area contributed by atoms with Crippen LogP contribution in [0.15, 0.2) is 24.3 Å². The fraction of sp³-hybridized carbons (Fsp3) is 0.588. The molecule has 1 aromatic carbocycles. The van der Waals surface area contributed by atoms with Crippen molar-refractivity contribution in [3.8, 4) is 0 Å². The summed E-state index contributed by atoms with van der Waals surface area (Å²) in [6, 6.07) is 8.53. The van der Waals surface area contributed by atoms with Gasteiger partial charge in [0.05, 0.1) is 6.42 Å². The number of carbonyl (C=O) groups excluding carboxylic acids is 1. The molecule has 1 aliphatic rings. The summed E-state index contributed by atoms with van der Waals surface area (Å²) in [7, 11) is 0. The van der Waals surface area contributed by atoms with Crippen LogP contribution in [0.4, 0.5) is 0 Å². The molecule has 0 unspecified atom stereocenters. The van der Waals surface area contributed by atoms with Crippen LogP contribution in [0.3, 0.4) is 0 Å². The zero-order valence-electron chi connectivity index (χ0n) is 12.2. The lowest BCUT2D eigenvalue weighted by molar-refractivity contribution is -0.131. The lowest BCUT2D eigenvalue weighted by Crippen LogP contribution is -2.38. The number of rotatable bonds is 4. The van der Waals surface area contributed by atoms with E-state index >= 15 is 0 Å². The van der Waals surface area contributed by atoms with Gasteiger partial charge in [0.2, 0.25) is 5.91 Å². The van der Waals surface area contributed by atoms with E-state index in [0.29, 0.717) is 6.42 Å². The minimum atomic E-state index is 0. The molecule has 106 valence electrons. The molecular formula is C17H27NO. The maximum absolute atomic E-state index is 12.2. The van der Waals surface area contributed by atoms with Gasteiger partial charge in [-0.1, -0.05) is 44.5 Å². The van der Waals surface area contributed by atoms with Gasteiger partial charge >= 0.3 is 0 Å². The molecule has 1 aromatic rings. The zero-order chi connectivity index (χ0) is 13.7. The first-order chi connectivity index (χ1) is 9.19. The lowest BCUT2D eigenvalue weighted by Gasteiger charge is -2.30. The van der Waals surface area contributed by atoms with Crippen LogP contribution >= 0.6 is 0 Å². The normalized spacial score (nSPS) is 16.6. The molecular weight excluding hydrogens is 234 g/mol. The van der Waals surface area contributed by atoms with Crippen molar-refractivity contribution in [1.29, 1.82) is 0 Å². The van der Waals surface area contributed by atoms with E-state index in [-0.39, 0.29) is 7.33 Å². The summed E-state index contributed by atoms with van der Waals surface area (Å²) in [5.41, 5.74) is 2.51. The Kier molecular flexibility index (Phi) is 5.00. The molecule has 1 aliphatic heterocycles. The molecule has 0 spiro atoms. The molecule has 0 atom stereocenters. The number of hydrogen-bond donors (Lipinski definition) is 0. The molecule has 2 nitrogen and oxygen atoms in total. The number of likely N-dealkylation sites (tertiary alicyclic amines) is 1. The first-order valence-corrected chi connectivity index (χ1v) is 7.54. The van der Waals surface area contributed by atoms with Gasteiger partial charge in [-0.05, 0) is 36.3 Å². The summed E-state index contributed by atoms with van der Waals surface area (Å²) in [4.78, 5) is 14.2. The van der Waals surface area contributed by atoms with Gasteiger partial charge < -0.3 is 4.90 Å². The van der Waals surface area contributed by atoms with E-state index in [1.54, 1.807) is 0 Å². The van der Waals surface area contributed by atoms with E-state index in [0.717, 1.165) is 43.8 Å². The fourth-order valence-electron chi connectivity index (χ4n) is 2.66. The summed E-state index contributed by atoms with van der Waals surface area (Å²) in [5, 5.41) is 0. The van der Waals surface area contributed by atoms with Gasteiger partial charge in [-0.2, -0.15) is 0 Å². The van der Waals surface area contributed by atoms with Crippen molar-refractivity contribution in [3.05, 3.63) is 35.4 Å². The summed E-state index contributed by atoms with van der Waals surface area (Å²) in [6.45, 7) is 6.34. The van der Waals surface area contributed by atoms with Crippen LogP contribution in [-0.4, -0.2) is 23.9 Å². The van der Waals surface area contributed by atoms with Gasteiger partial charge in [0, 0.05) is 14.5 Å². The number of benzene rings is 1. The van der Waals surface area contributed by atoms with Crippen LogP contribution in [0.5, 0.6) is 0 Å². The zero-order valence-corrected chi connectivity index (χ0v) is 12.2. The second-order valence-corrected chi connectivity index (χ2v) is 5.81. The van der Waals surface area contributed by atoms with Gasteiger partial charge in [-0.15, -0.1) is 0 Å². The Morgan fingerprint density at radius 3 is 2.37 bits per heavy atom. The fourth-order valence-corrected chi connectivity index (χ4v) is 2.66. The number of hydrogen-bond acceptors (Lipinski definition) is 1. The summed E-state index contributed by atoms with van der Waals surface area (Å²) >= 11 is 0. The van der Waals surface area contributed by atoms with E-state index < -0.39 is 0 Å². The first kappa shape index (κ1) is 14.1. The van der Waals surface area contributed by atoms with E-state index in [2.05, 4.69) is 38.1 Å². The highest BCUT2D eigenvalue weighted by atomic mass is 16.2. The topological polar surface area (TPSA) is 20.3 Å². The Balaban J connectivity index is 0.00000200. The maximum Gasteiger partial charge on any atom is 0.226 e. The second-order valence-electron chi connectivity index (χ2n) is 5.81. The van der Waals surface area contributed by atoms with Gasteiger partial charge in [0.25, 0.3) is 0 Å². The smallest absolute Gasteiger partial charge is 0.226 e. The molecule has 2 rings (SSSR count). The second kappa shape index (κ2) is 6.74. The minimum Gasteiger partial charge on any atom is -0.342 e. The molecule has 0 saturated carbocycles. The minimum absolute atomic E-state index is 0. The summed E-state index contributed by atoms with van der Waals surface area (Å²) in [6.07, 6.45) is 5.16. The molecule has 0 aromatic heterocycles. The van der Waals surface area contributed by atoms with Crippen molar-refractivity contribution in [2.75, 3.05) is 13.1 Å². The molecule has 2 heteroatoms. The first-order valence-electron chi connectivity index (χ1n) is 7.54. The van der Waals surface area contributed by atoms with Crippen LogP contribution in [0.2, 0.25) is 0 Å². The third-order valence-corrected chi connectivity index (χ3v) is 4.05. The van der Waals surface area contributed by atoms with Crippen LogP contribution in [0.25, 0.3) is 0 Å². The van der Waals surface area contributed by atoms with Crippen molar-refractivity contribution in [1.82, 2.24) is 4.90 Å². The number of nitrogens with zero attached hydrogens (tertiary/aromatic N) is 1. The van der Waals surface area contributed by atoms with Gasteiger partial charge in [0.15, 0.2) is 0 Å². The Morgan fingerprint density at radius 1 is 1.21 bits per heavy atom. The van der Waals surface area contributed by atoms with Gasteiger partial charge in [-0.3, -0.25) is 4.79 Å². The van der Waals surface area contributed by atoms with Crippen molar-refractivity contribution in [2.45, 2.75) is 46.0 Å². The highest BCUT2D eigenvalue weighted by Crippen LogP contribution is 2.17. The van der Waals surface area contributed by atoms with Crippen LogP contribution in [0.1, 0.15) is 45.7 Å². The van der Waals surface area contributed by atoms with E-state index in [9.17, 15) is 4.79 Å². The number of aryl methyl sites for hydroxylation is 1. The summed E-state index contributed by atoms with van der Waals surface area (Å²) in [5.74, 6) is 1.06. The predicted molar refractivity (Wildman–Crippen MR) is 81.2 cm³/mol. The van der Waals surface area contributed by atoms with Crippen LogP contribution < -0.4 is 0 Å². The lowest BCUT2D eigenvalue weighted by atomic mass is 9.98. The Bertz CT molecular complexity index is 408. The average Bonchev–Trinajstić information content (AvgIpc) is 2.42. The monoisotopic (exact) mass is 261 g/mol.